The van der Waals surface area contributed by atoms with E-state index in [4.69, 9.17) is 22.1 Å². The van der Waals surface area contributed by atoms with Gasteiger partial charge in [0, 0.05) is 22.7 Å². The lowest BCUT2D eigenvalue weighted by molar-refractivity contribution is 0.103. The van der Waals surface area contributed by atoms with Crippen molar-refractivity contribution in [3.8, 4) is 17.1 Å². The molecule has 146 valence electrons. The molecule has 0 radical (unpaired) electrons. The maximum Gasteiger partial charge on any atom is 0.268 e. The Balaban J connectivity index is 1.70. The lowest BCUT2D eigenvalue weighted by Crippen LogP contribution is -2.13. The highest BCUT2D eigenvalue weighted by Gasteiger charge is 2.20. The van der Waals surface area contributed by atoms with E-state index in [1.165, 1.54) is 18.4 Å². The second kappa shape index (κ2) is 7.69. The molecular weight excluding hydrogens is 408 g/mol. The summed E-state index contributed by atoms with van der Waals surface area (Å²) in [6.45, 7) is 1.86. The number of nitrogens with zero attached hydrogens (tertiary/aromatic N) is 2. The van der Waals surface area contributed by atoms with Crippen LogP contribution >= 0.6 is 22.9 Å². The fourth-order valence-corrected chi connectivity index (χ4v) is 4.07. The Morgan fingerprint density at radius 1 is 1.21 bits per heavy atom. The molecule has 4 rings (SSSR count). The largest absolute Gasteiger partial charge is 0.495 e. The number of rotatable bonds is 4. The van der Waals surface area contributed by atoms with Gasteiger partial charge in [-0.15, -0.1) is 11.3 Å². The number of ether oxygens (including phenoxy) is 1. The minimum atomic E-state index is -0.329. The van der Waals surface area contributed by atoms with Crippen LogP contribution in [0.25, 0.3) is 21.6 Å². The van der Waals surface area contributed by atoms with Gasteiger partial charge in [-0.25, -0.2) is 4.98 Å². The van der Waals surface area contributed by atoms with Crippen molar-refractivity contribution in [2.45, 2.75) is 6.92 Å². The second-order valence-corrected chi connectivity index (χ2v) is 7.77. The number of halogens is 1. The fraction of sp³-hybridized carbons (Fsp3) is 0.0952. The molecule has 0 aliphatic rings. The Labute approximate surface area is 176 Å². The molecule has 0 atom stereocenters. The Kier molecular flexibility index (Phi) is 5.08. The maximum absolute atomic E-state index is 12.9. The van der Waals surface area contributed by atoms with Crippen LogP contribution in [0.4, 0.5) is 11.4 Å². The minimum Gasteiger partial charge on any atom is -0.495 e. The SMILES string of the molecule is COc1cc(Cl)c(C)cc1NC(=O)c1sc2nc(-c3ccccn3)ccc2c1N. The normalized spacial score (nSPS) is 10.9. The van der Waals surface area contributed by atoms with E-state index in [1.807, 2.05) is 37.3 Å². The number of nitrogens with two attached hydrogens (primary N) is 1. The van der Waals surface area contributed by atoms with Crippen molar-refractivity contribution in [1.29, 1.82) is 0 Å². The molecule has 0 unspecified atom stereocenters. The van der Waals surface area contributed by atoms with Crippen LogP contribution in [0.2, 0.25) is 5.02 Å². The number of benzene rings is 1. The van der Waals surface area contributed by atoms with Crippen LogP contribution in [-0.4, -0.2) is 23.0 Å². The predicted octanol–water partition coefficient (Wildman–Crippen LogP) is 5.16. The monoisotopic (exact) mass is 424 g/mol. The first kappa shape index (κ1) is 19.2. The van der Waals surface area contributed by atoms with Crippen molar-refractivity contribution in [3.63, 3.8) is 0 Å². The molecule has 6 nitrogen and oxygen atoms in total. The summed E-state index contributed by atoms with van der Waals surface area (Å²) in [5, 5.41) is 4.16. The van der Waals surface area contributed by atoms with E-state index < -0.39 is 0 Å². The molecule has 3 N–H and O–H groups in total. The number of anilines is 2. The van der Waals surface area contributed by atoms with Crippen molar-refractivity contribution in [1.82, 2.24) is 9.97 Å². The van der Waals surface area contributed by atoms with E-state index in [2.05, 4.69) is 15.3 Å². The summed E-state index contributed by atoms with van der Waals surface area (Å²) in [4.78, 5) is 22.9. The lowest BCUT2D eigenvalue weighted by atomic mass is 10.2. The maximum atomic E-state index is 12.9. The molecule has 1 amide bonds. The summed E-state index contributed by atoms with van der Waals surface area (Å²) in [6.07, 6.45) is 1.71. The number of hydrogen-bond acceptors (Lipinski definition) is 6. The van der Waals surface area contributed by atoms with Gasteiger partial charge in [0.1, 0.15) is 15.5 Å². The van der Waals surface area contributed by atoms with Crippen LogP contribution < -0.4 is 15.8 Å². The molecule has 0 bridgehead atoms. The van der Waals surface area contributed by atoms with E-state index in [-0.39, 0.29) is 5.91 Å². The standard InChI is InChI=1S/C21H17ClN4O2S/c1-11-9-16(17(28-2)10-13(11)22)25-20(27)19-18(23)12-6-7-15(26-21(12)29-19)14-5-3-4-8-24-14/h3-10H,23H2,1-2H3,(H,25,27). The van der Waals surface area contributed by atoms with E-state index >= 15 is 0 Å². The summed E-state index contributed by atoms with van der Waals surface area (Å²) in [5.74, 6) is 0.147. The Bertz CT molecular complexity index is 1220. The van der Waals surface area contributed by atoms with Gasteiger partial charge < -0.3 is 15.8 Å². The number of aryl methyl sites for hydroxylation is 1. The van der Waals surface area contributed by atoms with Crippen molar-refractivity contribution in [3.05, 3.63) is 64.1 Å². The third-order valence-electron chi connectivity index (χ3n) is 4.46. The molecule has 29 heavy (non-hydrogen) atoms. The topological polar surface area (TPSA) is 90.1 Å². The molecule has 0 saturated carbocycles. The van der Waals surface area contributed by atoms with E-state index in [0.29, 0.717) is 31.9 Å². The zero-order valence-corrected chi connectivity index (χ0v) is 17.3. The van der Waals surface area contributed by atoms with Crippen LogP contribution in [0.3, 0.4) is 0 Å². The molecule has 0 aliphatic heterocycles. The summed E-state index contributed by atoms with van der Waals surface area (Å²) < 4.78 is 5.33. The number of pyridine rings is 2. The number of nitrogens with one attached hydrogen (secondary N) is 1. The highest BCUT2D eigenvalue weighted by atomic mass is 35.5. The molecule has 3 aromatic heterocycles. The first-order valence-electron chi connectivity index (χ1n) is 8.74. The molecule has 8 heteroatoms. The average Bonchev–Trinajstić information content (AvgIpc) is 3.07. The third-order valence-corrected chi connectivity index (χ3v) is 5.98. The quantitative estimate of drug-likeness (QED) is 0.472. The zero-order chi connectivity index (χ0) is 20.5. The first-order chi connectivity index (χ1) is 14.0. The van der Waals surface area contributed by atoms with Gasteiger partial charge in [0.2, 0.25) is 0 Å². The second-order valence-electron chi connectivity index (χ2n) is 6.36. The lowest BCUT2D eigenvalue weighted by Gasteiger charge is -2.12. The summed E-state index contributed by atoms with van der Waals surface area (Å²) in [6, 6.07) is 12.8. The molecular formula is C21H17ClN4O2S. The van der Waals surface area contributed by atoms with Gasteiger partial charge in [0.15, 0.2) is 0 Å². The first-order valence-corrected chi connectivity index (χ1v) is 9.93. The van der Waals surface area contributed by atoms with Crippen LogP contribution in [0.5, 0.6) is 5.75 Å². The smallest absolute Gasteiger partial charge is 0.268 e. The van der Waals surface area contributed by atoms with Crippen LogP contribution in [0, 0.1) is 6.92 Å². The van der Waals surface area contributed by atoms with Gasteiger partial charge in [-0.2, -0.15) is 0 Å². The summed E-state index contributed by atoms with van der Waals surface area (Å²) >= 11 is 7.38. The number of amides is 1. The van der Waals surface area contributed by atoms with Crippen LogP contribution in [0.1, 0.15) is 15.2 Å². The predicted molar refractivity (Wildman–Crippen MR) is 118 cm³/mol. The van der Waals surface area contributed by atoms with Gasteiger partial charge in [0.25, 0.3) is 5.91 Å². The van der Waals surface area contributed by atoms with Gasteiger partial charge in [-0.05, 0) is 42.8 Å². The van der Waals surface area contributed by atoms with Gasteiger partial charge in [-0.3, -0.25) is 9.78 Å². The van der Waals surface area contributed by atoms with Crippen molar-refractivity contribution in [2.24, 2.45) is 0 Å². The Morgan fingerprint density at radius 2 is 2.03 bits per heavy atom. The molecule has 4 aromatic rings. The zero-order valence-electron chi connectivity index (χ0n) is 15.7. The number of carbonyl (C=O) groups is 1. The van der Waals surface area contributed by atoms with Gasteiger partial charge >= 0.3 is 0 Å². The molecule has 3 heterocycles. The van der Waals surface area contributed by atoms with Crippen molar-refractivity contribution < 1.29 is 9.53 Å². The van der Waals surface area contributed by atoms with Crippen molar-refractivity contribution in [2.75, 3.05) is 18.2 Å². The van der Waals surface area contributed by atoms with Crippen LogP contribution in [0.15, 0.2) is 48.7 Å². The highest BCUT2D eigenvalue weighted by molar-refractivity contribution is 7.21. The Hall–Kier alpha value is -3.16. The number of fused-ring (bicyclic) bond motifs is 1. The summed E-state index contributed by atoms with van der Waals surface area (Å²) in [5.41, 5.74) is 9.48. The van der Waals surface area contributed by atoms with Gasteiger partial charge in [-0.1, -0.05) is 17.7 Å². The van der Waals surface area contributed by atoms with E-state index in [9.17, 15) is 4.79 Å². The highest BCUT2D eigenvalue weighted by Crippen LogP contribution is 2.36. The van der Waals surface area contributed by atoms with E-state index in [0.717, 1.165) is 22.3 Å². The number of methoxy groups -OCH3 is 1. The molecule has 0 fully saturated rings. The van der Waals surface area contributed by atoms with Crippen LogP contribution in [-0.2, 0) is 0 Å². The number of hydrogen-bond donors (Lipinski definition) is 2. The minimum absolute atomic E-state index is 0.329. The summed E-state index contributed by atoms with van der Waals surface area (Å²) in [7, 11) is 1.52. The average molecular weight is 425 g/mol. The number of thiophene rings is 1. The molecule has 0 aliphatic carbocycles. The number of nitrogen functional groups attached to an aromatic ring is 1. The molecule has 0 saturated heterocycles. The number of aromatic nitrogens is 2. The van der Waals surface area contributed by atoms with Gasteiger partial charge in [0.05, 0.1) is 29.9 Å². The van der Waals surface area contributed by atoms with E-state index in [1.54, 1.807) is 18.3 Å². The number of carbonyl (C=O) groups excluding carboxylic acids is 1. The fourth-order valence-electron chi connectivity index (χ4n) is 2.93. The van der Waals surface area contributed by atoms with Crippen molar-refractivity contribution >= 4 is 50.4 Å². The molecule has 1 aromatic carbocycles. The third kappa shape index (κ3) is 3.62. The molecule has 0 spiro atoms. The Morgan fingerprint density at radius 3 is 2.76 bits per heavy atom.